The van der Waals surface area contributed by atoms with Crippen LogP contribution in [0.25, 0.3) is 0 Å². The molecule has 0 aromatic rings. The van der Waals surface area contributed by atoms with Crippen molar-refractivity contribution in [1.82, 2.24) is 5.32 Å². The Morgan fingerprint density at radius 2 is 0.806 bits per heavy atom. The highest BCUT2D eigenvalue weighted by Crippen LogP contribution is 2.38. The molecule has 0 rings (SSSR count). The summed E-state index contributed by atoms with van der Waals surface area (Å²) in [5.41, 5.74) is 0. The van der Waals surface area contributed by atoms with Crippen LogP contribution in [0.5, 0.6) is 0 Å². The number of aliphatic hydroxyl groups excluding tert-OH is 1. The molecule has 2 N–H and O–H groups in total. The van der Waals surface area contributed by atoms with Crippen molar-refractivity contribution in [3.63, 3.8) is 0 Å². The summed E-state index contributed by atoms with van der Waals surface area (Å²) in [5, 5.41) is 14.1. The lowest BCUT2D eigenvalue weighted by Gasteiger charge is -2.30. The van der Waals surface area contributed by atoms with E-state index in [-0.39, 0.29) is 19.1 Å². The number of carbonyl (C=O) groups is 1. The van der Waals surface area contributed by atoms with E-state index in [0.29, 0.717) is 23.9 Å². The van der Waals surface area contributed by atoms with E-state index >= 15 is 0 Å². The lowest BCUT2D eigenvalue weighted by atomic mass is 10.0. The van der Waals surface area contributed by atoms with Gasteiger partial charge < -0.3 is 28.8 Å². The summed E-state index contributed by atoms with van der Waals surface area (Å²) in [6.07, 6.45) is 69.4. The number of hydrogen-bond donors (Lipinski definition) is 2. The molecule has 1 amide bonds. The summed E-state index contributed by atoms with van der Waals surface area (Å²) in [7, 11) is 1.32. The molecule has 3 atom stereocenters. The molecule has 0 aromatic heterocycles. The van der Waals surface area contributed by atoms with Crippen molar-refractivity contribution in [1.29, 1.82) is 0 Å². The molecule has 428 valence electrons. The molecule has 8 nitrogen and oxygen atoms in total. The summed E-state index contributed by atoms with van der Waals surface area (Å²) in [6.45, 7) is 4.76. The normalized spacial score (nSPS) is 13.9. The molecule has 0 saturated carbocycles. The molecule has 9 heteroatoms. The minimum atomic E-state index is -4.57. The van der Waals surface area contributed by atoms with E-state index in [1.165, 1.54) is 250 Å². The number of rotatable bonds is 59. The zero-order chi connectivity index (χ0) is 52.7. The number of quaternary nitrogens is 1. The predicted molar refractivity (Wildman–Crippen MR) is 312 cm³/mol. The van der Waals surface area contributed by atoms with Crippen LogP contribution in [0.15, 0.2) is 24.3 Å². The van der Waals surface area contributed by atoms with Gasteiger partial charge in [-0.3, -0.25) is 9.36 Å². The molecule has 0 aliphatic rings. The van der Waals surface area contributed by atoms with Gasteiger partial charge in [0, 0.05) is 6.42 Å². The second kappa shape index (κ2) is 54.8. The molecule has 0 aromatic carbocycles. The molecule has 0 spiro atoms. The Hall–Kier alpha value is -1.02. The quantitative estimate of drug-likeness (QED) is 0.0272. The van der Waals surface area contributed by atoms with Gasteiger partial charge in [0.2, 0.25) is 5.91 Å². The van der Waals surface area contributed by atoms with Gasteiger partial charge in [-0.25, -0.2) is 0 Å². The average Bonchev–Trinajstić information content (AvgIpc) is 3.34. The molecule has 72 heavy (non-hydrogen) atoms. The largest absolute Gasteiger partial charge is 0.756 e. The Labute approximate surface area is 449 Å². The van der Waals surface area contributed by atoms with Gasteiger partial charge in [0.25, 0.3) is 7.82 Å². The standard InChI is InChI=1S/C63H125N2O6P/c1-6-8-10-12-14-16-18-20-22-24-26-27-28-29-30-31-32-33-34-35-36-37-39-41-43-45-47-49-51-53-55-57-63(67)64-61(60-71-72(68,69)70-59-58-65(3,4)5)62(66)56-54-52-50-48-46-44-42-40-38-25-23-21-19-17-15-13-11-9-7-2/h18,20,24,26,61-62,66H,6-17,19,21-23,25,27-60H2,1-5H3,(H-,64,67,68,69)/b20-18-,26-24-. The molecule has 0 aliphatic heterocycles. The predicted octanol–water partition coefficient (Wildman–Crippen LogP) is 18.9. The lowest BCUT2D eigenvalue weighted by molar-refractivity contribution is -0.870. The molecule has 0 fully saturated rings. The number of phosphoric ester groups is 1. The molecular weight excluding hydrogens is 912 g/mol. The van der Waals surface area contributed by atoms with Crippen LogP contribution in [0.3, 0.4) is 0 Å². The highest BCUT2D eigenvalue weighted by molar-refractivity contribution is 7.45. The number of unbranched alkanes of at least 4 members (excludes halogenated alkanes) is 42. The van der Waals surface area contributed by atoms with Gasteiger partial charge in [-0.15, -0.1) is 0 Å². The average molecular weight is 1040 g/mol. The minimum absolute atomic E-state index is 0.0148. The van der Waals surface area contributed by atoms with E-state index in [2.05, 4.69) is 43.5 Å². The molecule has 0 aliphatic carbocycles. The van der Waals surface area contributed by atoms with Crippen LogP contribution in [-0.2, 0) is 18.4 Å². The Kier molecular flexibility index (Phi) is 54.0. The number of amides is 1. The SMILES string of the molecule is CCCCCCC/C=C\C/C=C\CCCCCCCCCCCCCCCCCCCCCC(=O)NC(COP(=O)([O-])OCC[N+](C)(C)C)C(O)CCCCCCCCCCCCCCCCCCCCC. The van der Waals surface area contributed by atoms with Crippen LogP contribution >= 0.6 is 7.82 Å². The fraction of sp³-hybridized carbons (Fsp3) is 0.921. The summed E-state index contributed by atoms with van der Waals surface area (Å²) in [6, 6.07) is -0.798. The maximum atomic E-state index is 13.0. The first-order valence-corrected chi connectivity index (χ1v) is 33.1. The molecule has 0 bridgehead atoms. The lowest BCUT2D eigenvalue weighted by Crippen LogP contribution is -2.46. The van der Waals surface area contributed by atoms with Crippen LogP contribution in [-0.4, -0.2) is 68.5 Å². The highest BCUT2D eigenvalue weighted by Gasteiger charge is 2.24. The Balaban J connectivity index is 4.02. The van der Waals surface area contributed by atoms with Crippen LogP contribution in [0, 0.1) is 0 Å². The first-order chi connectivity index (χ1) is 35.0. The molecular formula is C63H125N2O6P. The van der Waals surface area contributed by atoms with Gasteiger partial charge in [-0.2, -0.15) is 0 Å². The Morgan fingerprint density at radius 1 is 0.486 bits per heavy atom. The van der Waals surface area contributed by atoms with Crippen molar-refractivity contribution in [2.75, 3.05) is 40.9 Å². The molecule has 3 unspecified atom stereocenters. The van der Waals surface area contributed by atoms with Crippen molar-refractivity contribution in [2.45, 2.75) is 334 Å². The minimum Gasteiger partial charge on any atom is -0.756 e. The number of carbonyl (C=O) groups excluding carboxylic acids is 1. The third-order valence-electron chi connectivity index (χ3n) is 14.7. The van der Waals surface area contributed by atoms with E-state index in [1.807, 2.05) is 21.1 Å². The molecule has 0 heterocycles. The van der Waals surface area contributed by atoms with Gasteiger partial charge in [0.05, 0.1) is 39.9 Å². The smallest absolute Gasteiger partial charge is 0.268 e. The topological polar surface area (TPSA) is 108 Å². The Bertz CT molecular complexity index is 1220. The van der Waals surface area contributed by atoms with E-state index in [1.54, 1.807) is 0 Å². The third kappa shape index (κ3) is 56.7. The number of aliphatic hydroxyl groups is 1. The fourth-order valence-corrected chi connectivity index (χ4v) is 10.4. The first kappa shape index (κ1) is 71.0. The number of nitrogens with one attached hydrogen (secondary N) is 1. The Morgan fingerprint density at radius 3 is 1.15 bits per heavy atom. The summed E-state index contributed by atoms with van der Waals surface area (Å²) >= 11 is 0. The van der Waals surface area contributed by atoms with Crippen molar-refractivity contribution in [3.05, 3.63) is 24.3 Å². The highest BCUT2D eigenvalue weighted by atomic mass is 31.2. The second-order valence-corrected chi connectivity index (χ2v) is 24.5. The molecule has 0 saturated heterocycles. The van der Waals surface area contributed by atoms with Crippen LogP contribution < -0.4 is 10.2 Å². The van der Waals surface area contributed by atoms with E-state index in [4.69, 9.17) is 9.05 Å². The zero-order valence-corrected chi connectivity index (χ0v) is 49.8. The number of likely N-dealkylation sites (N-methyl/N-ethyl adjacent to an activating group) is 1. The molecule has 0 radical (unpaired) electrons. The maximum absolute atomic E-state index is 13.0. The summed E-state index contributed by atoms with van der Waals surface area (Å²) in [5.74, 6) is -0.158. The first-order valence-electron chi connectivity index (χ1n) is 31.7. The monoisotopic (exact) mass is 1040 g/mol. The van der Waals surface area contributed by atoms with Crippen LogP contribution in [0.1, 0.15) is 322 Å². The third-order valence-corrected chi connectivity index (χ3v) is 15.7. The van der Waals surface area contributed by atoms with Gasteiger partial charge in [-0.05, 0) is 44.9 Å². The van der Waals surface area contributed by atoms with Crippen molar-refractivity contribution >= 4 is 13.7 Å². The van der Waals surface area contributed by atoms with E-state index in [0.717, 1.165) is 44.9 Å². The van der Waals surface area contributed by atoms with Crippen molar-refractivity contribution in [2.24, 2.45) is 0 Å². The van der Waals surface area contributed by atoms with Crippen molar-refractivity contribution in [3.8, 4) is 0 Å². The summed E-state index contributed by atoms with van der Waals surface area (Å²) < 4.78 is 23.5. The maximum Gasteiger partial charge on any atom is 0.268 e. The van der Waals surface area contributed by atoms with Crippen LogP contribution in [0.2, 0.25) is 0 Å². The fourth-order valence-electron chi connectivity index (χ4n) is 9.72. The second-order valence-electron chi connectivity index (χ2n) is 23.1. The number of phosphoric acid groups is 1. The van der Waals surface area contributed by atoms with Gasteiger partial charge in [0.15, 0.2) is 0 Å². The zero-order valence-electron chi connectivity index (χ0n) is 48.9. The van der Waals surface area contributed by atoms with Gasteiger partial charge >= 0.3 is 0 Å². The van der Waals surface area contributed by atoms with Gasteiger partial charge in [-0.1, -0.05) is 295 Å². The summed E-state index contributed by atoms with van der Waals surface area (Å²) in [4.78, 5) is 25.6. The van der Waals surface area contributed by atoms with E-state index in [9.17, 15) is 19.4 Å². The number of allylic oxidation sites excluding steroid dienone is 4. The van der Waals surface area contributed by atoms with Gasteiger partial charge in [0.1, 0.15) is 13.2 Å². The van der Waals surface area contributed by atoms with Crippen LogP contribution in [0.4, 0.5) is 0 Å². The van der Waals surface area contributed by atoms with Crippen molar-refractivity contribution < 1.29 is 32.9 Å². The van der Waals surface area contributed by atoms with E-state index < -0.39 is 20.0 Å². The number of hydrogen-bond acceptors (Lipinski definition) is 6. The number of nitrogens with zero attached hydrogens (tertiary/aromatic N) is 1.